The number of primary amides is 1. The molecular weight excluding hydrogens is 365 g/mol. The number of anilines is 1. The number of nitrogens with two attached hydrogens (primary N) is 1. The molecule has 0 atom stereocenters. The van der Waals surface area contributed by atoms with Gasteiger partial charge in [-0.15, -0.1) is 11.3 Å². The number of thiazole rings is 1. The third-order valence-electron chi connectivity index (χ3n) is 4.28. The van der Waals surface area contributed by atoms with E-state index in [1.54, 1.807) is 18.2 Å². The average Bonchev–Trinajstić information content (AvgIpc) is 3.24. The molecule has 9 heteroatoms. The number of ether oxygens (including phenoxy) is 2. The largest absolute Gasteiger partial charge is 0.503 e. The number of nitrogens with one attached hydrogen (secondary N) is 1. The summed E-state index contributed by atoms with van der Waals surface area (Å²) in [6, 6.07) is 6.74. The number of carbonyl (C=O) groups excluding carboxylic acids is 2. The molecular formula is C18H15BN3O4S. The minimum Gasteiger partial charge on any atom is -0.503 e. The molecule has 0 unspecified atom stereocenters. The Hall–Kier alpha value is -3.07. The van der Waals surface area contributed by atoms with Crippen LogP contribution in [0, 0.1) is 6.92 Å². The summed E-state index contributed by atoms with van der Waals surface area (Å²) in [6.45, 7) is 2.29. The topological polar surface area (TPSA) is 104 Å². The van der Waals surface area contributed by atoms with Gasteiger partial charge in [-0.05, 0) is 30.6 Å². The summed E-state index contributed by atoms with van der Waals surface area (Å²) < 4.78 is 11.6. The van der Waals surface area contributed by atoms with E-state index in [0.717, 1.165) is 15.2 Å². The van der Waals surface area contributed by atoms with Gasteiger partial charge in [0.15, 0.2) is 0 Å². The lowest BCUT2D eigenvalue weighted by molar-refractivity contribution is 0.100. The zero-order valence-electron chi connectivity index (χ0n) is 14.7. The van der Waals surface area contributed by atoms with Crippen molar-refractivity contribution in [3.63, 3.8) is 0 Å². The predicted octanol–water partition coefficient (Wildman–Crippen LogP) is 1.64. The molecule has 1 aliphatic heterocycles. The smallest absolute Gasteiger partial charge is 0.260 e. The maximum atomic E-state index is 13.1. The van der Waals surface area contributed by atoms with Gasteiger partial charge in [-0.3, -0.25) is 9.59 Å². The number of carbonyl (C=O) groups is 2. The summed E-state index contributed by atoms with van der Waals surface area (Å²) in [5.41, 5.74) is 7.86. The van der Waals surface area contributed by atoms with Gasteiger partial charge >= 0.3 is 0 Å². The Labute approximate surface area is 159 Å². The molecule has 135 valence electrons. The van der Waals surface area contributed by atoms with Gasteiger partial charge in [0.25, 0.3) is 11.8 Å². The molecule has 27 heavy (non-hydrogen) atoms. The molecule has 3 N–H and O–H groups in total. The molecule has 1 aliphatic rings. The summed E-state index contributed by atoms with van der Waals surface area (Å²) in [7, 11) is 3.34. The summed E-state index contributed by atoms with van der Waals surface area (Å²) >= 11 is 1.40. The van der Waals surface area contributed by atoms with Crippen molar-refractivity contribution in [1.29, 1.82) is 0 Å². The molecule has 0 saturated carbocycles. The Morgan fingerprint density at radius 2 is 2.19 bits per heavy atom. The third kappa shape index (κ3) is 2.99. The van der Waals surface area contributed by atoms with Crippen molar-refractivity contribution in [3.05, 3.63) is 40.4 Å². The van der Waals surface area contributed by atoms with E-state index in [1.807, 2.05) is 20.3 Å². The SMILES string of the molecule is COc1ccc2nc(C)sc2c1C(=O)Nc1cc2c(cc1C(N)=O)[B]CO2. The number of methoxy groups -OCH3 is 1. The Bertz CT molecular complexity index is 1100. The molecule has 4 rings (SSSR count). The van der Waals surface area contributed by atoms with Crippen molar-refractivity contribution in [2.24, 2.45) is 5.73 Å². The van der Waals surface area contributed by atoms with E-state index in [0.29, 0.717) is 34.8 Å². The van der Waals surface area contributed by atoms with Crippen molar-refractivity contribution in [3.8, 4) is 11.5 Å². The van der Waals surface area contributed by atoms with E-state index < -0.39 is 11.8 Å². The van der Waals surface area contributed by atoms with Crippen LogP contribution in [-0.2, 0) is 0 Å². The second-order valence-electron chi connectivity index (χ2n) is 5.99. The highest BCUT2D eigenvalue weighted by Crippen LogP contribution is 2.33. The average molecular weight is 380 g/mol. The van der Waals surface area contributed by atoms with Gasteiger partial charge in [-0.1, -0.05) is 0 Å². The fourth-order valence-electron chi connectivity index (χ4n) is 3.06. The van der Waals surface area contributed by atoms with Crippen LogP contribution in [-0.4, -0.2) is 37.7 Å². The van der Waals surface area contributed by atoms with Gasteiger partial charge in [-0.2, -0.15) is 0 Å². The van der Waals surface area contributed by atoms with Crippen molar-refractivity contribution in [2.45, 2.75) is 6.92 Å². The predicted molar refractivity (Wildman–Crippen MR) is 105 cm³/mol. The van der Waals surface area contributed by atoms with Crippen LogP contribution < -0.4 is 26.0 Å². The number of benzene rings is 2. The van der Waals surface area contributed by atoms with Crippen LogP contribution in [0.1, 0.15) is 25.7 Å². The van der Waals surface area contributed by atoms with Gasteiger partial charge in [0, 0.05) is 6.07 Å². The minimum atomic E-state index is -0.632. The second-order valence-corrected chi connectivity index (χ2v) is 7.20. The summed E-state index contributed by atoms with van der Waals surface area (Å²) in [4.78, 5) is 29.4. The molecule has 0 saturated heterocycles. The van der Waals surface area contributed by atoms with Crippen LogP contribution >= 0.6 is 11.3 Å². The highest BCUT2D eigenvalue weighted by Gasteiger charge is 2.23. The Kier molecular flexibility index (Phi) is 4.23. The minimum absolute atomic E-state index is 0.218. The number of fused-ring (bicyclic) bond motifs is 2. The lowest BCUT2D eigenvalue weighted by Crippen LogP contribution is -2.22. The Morgan fingerprint density at radius 1 is 1.37 bits per heavy atom. The van der Waals surface area contributed by atoms with Crippen LogP contribution in [0.2, 0.25) is 0 Å². The van der Waals surface area contributed by atoms with Crippen molar-refractivity contribution in [1.82, 2.24) is 4.98 Å². The molecule has 7 nitrogen and oxygen atoms in total. The molecule has 2 heterocycles. The summed E-state index contributed by atoms with van der Waals surface area (Å²) in [6.07, 6.45) is 0. The molecule has 0 aliphatic carbocycles. The highest BCUT2D eigenvalue weighted by atomic mass is 32.1. The normalized spacial score (nSPS) is 12.2. The molecule has 0 fully saturated rings. The number of hydrogen-bond donors (Lipinski definition) is 2. The van der Waals surface area contributed by atoms with Crippen molar-refractivity contribution >= 4 is 51.8 Å². The number of nitrogens with zero attached hydrogens (tertiary/aromatic N) is 1. The summed E-state index contributed by atoms with van der Waals surface area (Å²) in [5.74, 6) is -0.0261. The van der Waals surface area contributed by atoms with Crippen LogP contribution in [0.4, 0.5) is 5.69 Å². The highest BCUT2D eigenvalue weighted by molar-refractivity contribution is 7.19. The number of amides is 2. The van der Waals surface area contributed by atoms with E-state index in [1.165, 1.54) is 18.4 Å². The number of aryl methyl sites for hydroxylation is 1. The monoisotopic (exact) mass is 380 g/mol. The van der Waals surface area contributed by atoms with Gasteiger partial charge in [0.2, 0.25) is 7.28 Å². The molecule has 1 aromatic heterocycles. The number of rotatable bonds is 4. The van der Waals surface area contributed by atoms with E-state index in [4.69, 9.17) is 15.2 Å². The molecule has 0 spiro atoms. The second kappa shape index (κ2) is 6.59. The van der Waals surface area contributed by atoms with Gasteiger partial charge in [0.1, 0.15) is 17.1 Å². The first-order valence-corrected chi connectivity index (χ1v) is 8.99. The molecule has 0 bridgehead atoms. The quantitative estimate of drug-likeness (QED) is 0.670. The number of hydrogen-bond acceptors (Lipinski definition) is 6. The first kappa shape index (κ1) is 17.4. The molecule has 2 amide bonds. The molecule has 3 aromatic rings. The zero-order valence-corrected chi connectivity index (χ0v) is 15.5. The maximum absolute atomic E-state index is 13.1. The zero-order chi connectivity index (χ0) is 19.1. The first-order chi connectivity index (χ1) is 13.0. The van der Waals surface area contributed by atoms with E-state index in [-0.39, 0.29) is 5.56 Å². The van der Waals surface area contributed by atoms with E-state index >= 15 is 0 Å². The van der Waals surface area contributed by atoms with E-state index in [9.17, 15) is 9.59 Å². The van der Waals surface area contributed by atoms with Crippen LogP contribution in [0.15, 0.2) is 24.3 Å². The fourth-order valence-corrected chi connectivity index (χ4v) is 4.02. The lowest BCUT2D eigenvalue weighted by atomic mass is 9.72. The van der Waals surface area contributed by atoms with Crippen molar-refractivity contribution < 1.29 is 19.1 Å². The Balaban J connectivity index is 1.79. The summed E-state index contributed by atoms with van der Waals surface area (Å²) in [5, 5.41) is 3.62. The van der Waals surface area contributed by atoms with Crippen LogP contribution in [0.5, 0.6) is 11.5 Å². The first-order valence-electron chi connectivity index (χ1n) is 8.17. The third-order valence-corrected chi connectivity index (χ3v) is 5.28. The van der Waals surface area contributed by atoms with Gasteiger partial charge in [-0.25, -0.2) is 4.98 Å². The van der Waals surface area contributed by atoms with E-state index in [2.05, 4.69) is 10.3 Å². The van der Waals surface area contributed by atoms with Crippen LogP contribution in [0.3, 0.4) is 0 Å². The van der Waals surface area contributed by atoms with Crippen molar-refractivity contribution in [2.75, 3.05) is 18.9 Å². The molecule has 2 aromatic carbocycles. The Morgan fingerprint density at radius 3 is 2.93 bits per heavy atom. The fraction of sp³-hybridized carbons (Fsp3) is 0.167. The van der Waals surface area contributed by atoms with Gasteiger partial charge < -0.3 is 20.5 Å². The lowest BCUT2D eigenvalue weighted by Gasteiger charge is -2.13. The molecule has 1 radical (unpaired) electrons. The van der Waals surface area contributed by atoms with Gasteiger partial charge in [0.05, 0.1) is 40.1 Å². The van der Waals surface area contributed by atoms with Crippen LogP contribution in [0.25, 0.3) is 10.2 Å². The standard InChI is InChI=1S/C18H15BN3O4S/c1-8-21-11-3-4-13(25-2)15(16(11)27-8)18(24)22-12-6-14-10(19-7-26-14)5-9(12)17(20)23/h3-6H,7H2,1-2H3,(H2,20,23)(H,22,24). The maximum Gasteiger partial charge on any atom is 0.260 e. The number of aromatic nitrogens is 1.